The van der Waals surface area contributed by atoms with Crippen molar-refractivity contribution in [3.63, 3.8) is 0 Å². The quantitative estimate of drug-likeness (QED) is 0.864. The molecule has 104 valence electrons. The summed E-state index contributed by atoms with van der Waals surface area (Å²) in [5.74, 6) is 0. The molecule has 2 aromatic heterocycles. The van der Waals surface area contributed by atoms with Crippen molar-refractivity contribution in [3.8, 4) is 0 Å². The number of hydrogen-bond donors (Lipinski definition) is 1. The van der Waals surface area contributed by atoms with Gasteiger partial charge in [0, 0.05) is 23.5 Å². The van der Waals surface area contributed by atoms with Crippen molar-refractivity contribution in [2.45, 2.75) is 57.0 Å². The molecule has 1 N–H and O–H groups in total. The van der Waals surface area contributed by atoms with Gasteiger partial charge in [-0.25, -0.2) is 4.98 Å². The number of pyridine rings is 1. The minimum atomic E-state index is 0.171. The van der Waals surface area contributed by atoms with Gasteiger partial charge in [0.15, 0.2) is 0 Å². The zero-order valence-corrected chi connectivity index (χ0v) is 13.2. The Kier molecular flexibility index (Phi) is 4.21. The lowest BCUT2D eigenvalue weighted by molar-refractivity contribution is 0.574. The first-order valence-electron chi connectivity index (χ1n) is 6.75. The first kappa shape index (κ1) is 14.4. The second kappa shape index (κ2) is 5.55. The SMILES string of the molecule is CC(C)NCc1c(SC(C)(C)C)nc2ccccn12. The maximum atomic E-state index is 4.76. The fraction of sp³-hybridized carbons (Fsp3) is 0.533. The Morgan fingerprint density at radius 2 is 2.05 bits per heavy atom. The van der Waals surface area contributed by atoms with Crippen LogP contribution in [-0.2, 0) is 6.54 Å². The fourth-order valence-electron chi connectivity index (χ4n) is 1.86. The molecule has 0 saturated carbocycles. The molecule has 4 heteroatoms. The van der Waals surface area contributed by atoms with Gasteiger partial charge in [0.05, 0.1) is 5.69 Å². The summed E-state index contributed by atoms with van der Waals surface area (Å²) in [5, 5.41) is 4.62. The molecule has 0 radical (unpaired) electrons. The zero-order chi connectivity index (χ0) is 14.0. The van der Waals surface area contributed by atoms with Gasteiger partial charge in [-0.1, -0.05) is 52.4 Å². The van der Waals surface area contributed by atoms with Crippen LogP contribution in [0.5, 0.6) is 0 Å². The minimum absolute atomic E-state index is 0.171. The van der Waals surface area contributed by atoms with E-state index in [9.17, 15) is 0 Å². The molecule has 2 aromatic rings. The van der Waals surface area contributed by atoms with Gasteiger partial charge < -0.3 is 9.72 Å². The molecule has 0 aliphatic carbocycles. The first-order chi connectivity index (χ1) is 8.87. The summed E-state index contributed by atoms with van der Waals surface area (Å²) < 4.78 is 2.36. The Morgan fingerprint density at radius 1 is 1.32 bits per heavy atom. The standard InChI is InChI=1S/C15H23N3S/c1-11(2)16-10-12-14(19-15(3,4)5)17-13-8-6-7-9-18(12)13/h6-9,11,16H,10H2,1-5H3. The third kappa shape index (κ3) is 3.74. The van der Waals surface area contributed by atoms with Gasteiger partial charge >= 0.3 is 0 Å². The molecule has 0 atom stereocenters. The van der Waals surface area contributed by atoms with Crippen LogP contribution >= 0.6 is 11.8 Å². The highest BCUT2D eigenvalue weighted by atomic mass is 32.2. The molecule has 0 aliphatic heterocycles. The molecule has 0 amide bonds. The van der Waals surface area contributed by atoms with E-state index in [2.05, 4.69) is 62.7 Å². The molecule has 2 heterocycles. The highest BCUT2D eigenvalue weighted by Gasteiger charge is 2.19. The summed E-state index contributed by atoms with van der Waals surface area (Å²) in [4.78, 5) is 4.76. The van der Waals surface area contributed by atoms with Gasteiger partial charge in [0.25, 0.3) is 0 Å². The number of hydrogen-bond acceptors (Lipinski definition) is 3. The third-order valence-corrected chi connectivity index (χ3v) is 3.81. The second-order valence-electron chi connectivity index (χ2n) is 6.04. The van der Waals surface area contributed by atoms with Crippen molar-refractivity contribution in [1.82, 2.24) is 14.7 Å². The van der Waals surface area contributed by atoms with Gasteiger partial charge in [0.2, 0.25) is 0 Å². The maximum absolute atomic E-state index is 4.76. The molecule has 0 bridgehead atoms. The van der Waals surface area contributed by atoms with Crippen LogP contribution in [0, 0.1) is 0 Å². The predicted octanol–water partition coefficient (Wildman–Crippen LogP) is 3.72. The number of fused-ring (bicyclic) bond motifs is 1. The Bertz CT molecular complexity index is 552. The average molecular weight is 277 g/mol. The summed E-state index contributed by atoms with van der Waals surface area (Å²) >= 11 is 1.83. The summed E-state index contributed by atoms with van der Waals surface area (Å²) in [7, 11) is 0. The van der Waals surface area contributed by atoms with Crippen molar-refractivity contribution in [2.24, 2.45) is 0 Å². The van der Waals surface area contributed by atoms with Crippen molar-refractivity contribution in [3.05, 3.63) is 30.1 Å². The molecule has 0 aromatic carbocycles. The lowest BCUT2D eigenvalue weighted by atomic mass is 10.3. The summed E-state index contributed by atoms with van der Waals surface area (Å²) in [5.41, 5.74) is 2.28. The summed E-state index contributed by atoms with van der Waals surface area (Å²) in [6.07, 6.45) is 2.09. The van der Waals surface area contributed by atoms with Crippen LogP contribution in [-0.4, -0.2) is 20.2 Å². The van der Waals surface area contributed by atoms with Gasteiger partial charge in [-0.15, -0.1) is 0 Å². The highest BCUT2D eigenvalue weighted by molar-refractivity contribution is 8.00. The Morgan fingerprint density at radius 3 is 2.68 bits per heavy atom. The van der Waals surface area contributed by atoms with E-state index in [1.54, 1.807) is 0 Å². The Labute approximate surface area is 119 Å². The van der Waals surface area contributed by atoms with Gasteiger partial charge in [0.1, 0.15) is 10.7 Å². The van der Waals surface area contributed by atoms with E-state index in [-0.39, 0.29) is 4.75 Å². The molecule has 0 saturated heterocycles. The largest absolute Gasteiger partial charge is 0.309 e. The molecular weight excluding hydrogens is 254 g/mol. The minimum Gasteiger partial charge on any atom is -0.309 e. The van der Waals surface area contributed by atoms with Gasteiger partial charge in [-0.3, -0.25) is 0 Å². The van der Waals surface area contributed by atoms with E-state index in [0.717, 1.165) is 17.2 Å². The topological polar surface area (TPSA) is 29.3 Å². The molecule has 2 rings (SSSR count). The van der Waals surface area contributed by atoms with Crippen LogP contribution in [0.4, 0.5) is 0 Å². The van der Waals surface area contributed by atoms with Crippen LogP contribution in [0.25, 0.3) is 5.65 Å². The Hall–Kier alpha value is -1.00. The van der Waals surface area contributed by atoms with E-state index in [4.69, 9.17) is 4.98 Å². The number of nitrogens with one attached hydrogen (secondary N) is 1. The van der Waals surface area contributed by atoms with Crippen LogP contribution in [0.2, 0.25) is 0 Å². The van der Waals surface area contributed by atoms with Crippen LogP contribution in [0.1, 0.15) is 40.3 Å². The average Bonchev–Trinajstić information content (AvgIpc) is 2.61. The predicted molar refractivity (Wildman–Crippen MR) is 82.8 cm³/mol. The zero-order valence-electron chi connectivity index (χ0n) is 12.4. The molecule has 19 heavy (non-hydrogen) atoms. The molecule has 3 nitrogen and oxygen atoms in total. The monoisotopic (exact) mass is 277 g/mol. The summed E-state index contributed by atoms with van der Waals surface area (Å²) in [6, 6.07) is 6.62. The smallest absolute Gasteiger partial charge is 0.138 e. The number of rotatable bonds is 4. The number of thioether (sulfide) groups is 1. The first-order valence-corrected chi connectivity index (χ1v) is 7.57. The third-order valence-electron chi connectivity index (χ3n) is 2.67. The van der Waals surface area contributed by atoms with E-state index in [1.807, 2.05) is 17.8 Å². The molecule has 0 fully saturated rings. The fourth-order valence-corrected chi connectivity index (χ4v) is 2.87. The molecule has 0 aliphatic rings. The molecule has 0 spiro atoms. The van der Waals surface area contributed by atoms with Crippen molar-refractivity contribution in [1.29, 1.82) is 0 Å². The molecular formula is C15H23N3S. The number of nitrogens with zero attached hydrogens (tertiary/aromatic N) is 2. The van der Waals surface area contributed by atoms with Crippen molar-refractivity contribution >= 4 is 17.4 Å². The van der Waals surface area contributed by atoms with Crippen LogP contribution in [0.15, 0.2) is 29.4 Å². The molecule has 0 unspecified atom stereocenters. The summed E-state index contributed by atoms with van der Waals surface area (Å²) in [6.45, 7) is 11.9. The van der Waals surface area contributed by atoms with E-state index >= 15 is 0 Å². The van der Waals surface area contributed by atoms with Crippen molar-refractivity contribution < 1.29 is 0 Å². The van der Waals surface area contributed by atoms with Crippen molar-refractivity contribution in [2.75, 3.05) is 0 Å². The van der Waals surface area contributed by atoms with Gasteiger partial charge in [-0.2, -0.15) is 0 Å². The highest BCUT2D eigenvalue weighted by Crippen LogP contribution is 2.34. The number of imidazole rings is 1. The second-order valence-corrected chi connectivity index (χ2v) is 7.86. The van der Waals surface area contributed by atoms with E-state index < -0.39 is 0 Å². The number of aromatic nitrogens is 2. The van der Waals surface area contributed by atoms with Crippen LogP contribution in [0.3, 0.4) is 0 Å². The maximum Gasteiger partial charge on any atom is 0.138 e. The van der Waals surface area contributed by atoms with E-state index in [0.29, 0.717) is 6.04 Å². The normalized spacial score (nSPS) is 12.5. The lowest BCUT2D eigenvalue weighted by Crippen LogP contribution is -2.23. The lowest BCUT2D eigenvalue weighted by Gasteiger charge is -2.17. The van der Waals surface area contributed by atoms with Crippen LogP contribution < -0.4 is 5.32 Å². The van der Waals surface area contributed by atoms with E-state index in [1.165, 1.54) is 5.69 Å². The van der Waals surface area contributed by atoms with Gasteiger partial charge in [-0.05, 0) is 12.1 Å². The Balaban J connectivity index is 2.40.